The third-order valence-electron chi connectivity index (χ3n) is 3.10. The minimum Gasteiger partial charge on any atom is -0.333 e. The molecule has 0 bridgehead atoms. The highest BCUT2D eigenvalue weighted by molar-refractivity contribution is 5.28. The van der Waals surface area contributed by atoms with Gasteiger partial charge in [0.1, 0.15) is 5.82 Å². The van der Waals surface area contributed by atoms with Crippen LogP contribution < -0.4 is 5.73 Å². The predicted octanol–water partition coefficient (Wildman–Crippen LogP) is 2.45. The molecule has 0 aliphatic carbocycles. The van der Waals surface area contributed by atoms with Gasteiger partial charge in [0.05, 0.1) is 0 Å². The molecule has 0 saturated carbocycles. The fourth-order valence-corrected chi connectivity index (χ4v) is 2.13. The molecule has 0 amide bonds. The van der Waals surface area contributed by atoms with Gasteiger partial charge in [-0.05, 0) is 18.1 Å². The molecule has 0 spiro atoms. The fraction of sp³-hybridized carbons (Fsp3) is 0.357. The molecule has 0 radical (unpaired) electrons. The van der Waals surface area contributed by atoms with Crippen LogP contribution in [0.3, 0.4) is 0 Å². The van der Waals surface area contributed by atoms with Crippen LogP contribution in [-0.2, 0) is 13.0 Å². The number of benzene rings is 1. The second kappa shape index (κ2) is 5.15. The highest BCUT2D eigenvalue weighted by Crippen LogP contribution is 2.17. The molecule has 1 heterocycles. The molecule has 0 saturated heterocycles. The van der Waals surface area contributed by atoms with E-state index in [1.807, 2.05) is 24.5 Å². The summed E-state index contributed by atoms with van der Waals surface area (Å²) in [4.78, 5) is 4.31. The van der Waals surface area contributed by atoms with E-state index >= 15 is 0 Å². The van der Waals surface area contributed by atoms with Crippen molar-refractivity contribution < 1.29 is 0 Å². The normalized spacial score (nSPS) is 12.6. The average molecular weight is 229 g/mol. The smallest absolute Gasteiger partial charge is 0.108 e. The van der Waals surface area contributed by atoms with E-state index in [-0.39, 0.29) is 6.04 Å². The second-order valence-corrected chi connectivity index (χ2v) is 4.31. The topological polar surface area (TPSA) is 43.8 Å². The molecule has 1 unspecified atom stereocenters. The van der Waals surface area contributed by atoms with Crippen molar-refractivity contribution in [2.45, 2.75) is 32.9 Å². The van der Waals surface area contributed by atoms with Crippen molar-refractivity contribution >= 4 is 0 Å². The summed E-state index contributed by atoms with van der Waals surface area (Å²) in [5.41, 5.74) is 8.72. The Morgan fingerprint density at radius 2 is 2.12 bits per heavy atom. The Labute approximate surface area is 102 Å². The van der Waals surface area contributed by atoms with Gasteiger partial charge in [0, 0.05) is 31.4 Å². The Balaban J connectivity index is 2.17. The molecule has 2 aromatic rings. The molecule has 0 aliphatic rings. The molecular formula is C14H19N3. The zero-order chi connectivity index (χ0) is 12.3. The molecule has 1 atom stereocenters. The van der Waals surface area contributed by atoms with E-state index in [0.717, 1.165) is 18.8 Å². The van der Waals surface area contributed by atoms with E-state index in [4.69, 9.17) is 5.73 Å². The highest BCUT2D eigenvalue weighted by Gasteiger charge is 2.10. The third kappa shape index (κ3) is 2.56. The molecular weight excluding hydrogens is 210 g/mol. The molecule has 1 aromatic heterocycles. The monoisotopic (exact) mass is 229 g/mol. The van der Waals surface area contributed by atoms with Crippen molar-refractivity contribution in [3.8, 4) is 0 Å². The summed E-state index contributed by atoms with van der Waals surface area (Å²) in [5.74, 6) is 1.09. The Morgan fingerprint density at radius 3 is 2.82 bits per heavy atom. The van der Waals surface area contributed by atoms with Crippen LogP contribution in [0.2, 0.25) is 0 Å². The van der Waals surface area contributed by atoms with Crippen LogP contribution in [0, 0.1) is 6.92 Å². The van der Waals surface area contributed by atoms with Crippen LogP contribution >= 0.6 is 0 Å². The number of nitrogens with two attached hydrogens (primary N) is 1. The molecule has 3 heteroatoms. The summed E-state index contributed by atoms with van der Waals surface area (Å²) < 4.78 is 2.14. The van der Waals surface area contributed by atoms with Crippen molar-refractivity contribution in [3.05, 3.63) is 53.6 Å². The van der Waals surface area contributed by atoms with E-state index in [2.05, 4.69) is 35.5 Å². The first kappa shape index (κ1) is 11.9. The minimum atomic E-state index is 0.0238. The van der Waals surface area contributed by atoms with Crippen molar-refractivity contribution in [1.29, 1.82) is 0 Å². The van der Waals surface area contributed by atoms with Crippen molar-refractivity contribution in [3.63, 3.8) is 0 Å². The number of imidazole rings is 1. The molecule has 90 valence electrons. The number of hydrogen-bond donors (Lipinski definition) is 1. The zero-order valence-corrected chi connectivity index (χ0v) is 10.4. The van der Waals surface area contributed by atoms with Gasteiger partial charge in [0.2, 0.25) is 0 Å². The Morgan fingerprint density at radius 1 is 1.35 bits per heavy atom. The second-order valence-electron chi connectivity index (χ2n) is 4.31. The van der Waals surface area contributed by atoms with Crippen LogP contribution in [-0.4, -0.2) is 9.55 Å². The molecule has 3 nitrogen and oxygen atoms in total. The zero-order valence-electron chi connectivity index (χ0n) is 10.4. The molecule has 2 rings (SSSR count). The maximum Gasteiger partial charge on any atom is 0.108 e. The lowest BCUT2D eigenvalue weighted by Gasteiger charge is -2.16. The molecule has 17 heavy (non-hydrogen) atoms. The van der Waals surface area contributed by atoms with Gasteiger partial charge in [-0.25, -0.2) is 4.98 Å². The quantitative estimate of drug-likeness (QED) is 0.875. The van der Waals surface area contributed by atoms with Gasteiger partial charge >= 0.3 is 0 Å². The maximum absolute atomic E-state index is 6.26. The Hall–Kier alpha value is -1.61. The highest BCUT2D eigenvalue weighted by atomic mass is 15.1. The van der Waals surface area contributed by atoms with E-state index in [9.17, 15) is 0 Å². The van der Waals surface area contributed by atoms with E-state index < -0.39 is 0 Å². The number of hydrogen-bond acceptors (Lipinski definition) is 2. The van der Waals surface area contributed by atoms with Crippen LogP contribution in [0.25, 0.3) is 0 Å². The predicted molar refractivity (Wildman–Crippen MR) is 69.7 cm³/mol. The Kier molecular flexibility index (Phi) is 3.59. The van der Waals surface area contributed by atoms with Gasteiger partial charge in [-0.3, -0.25) is 0 Å². The van der Waals surface area contributed by atoms with E-state index in [1.54, 1.807) is 0 Å². The largest absolute Gasteiger partial charge is 0.333 e. The SMILES string of the molecule is CCc1nccn1CC(N)c1ccccc1C. The van der Waals surface area contributed by atoms with Crippen LogP contribution in [0.5, 0.6) is 0 Å². The molecule has 1 aromatic carbocycles. The van der Waals surface area contributed by atoms with Crippen LogP contribution in [0.15, 0.2) is 36.7 Å². The molecule has 0 aliphatic heterocycles. The average Bonchev–Trinajstić information content (AvgIpc) is 2.76. The summed E-state index contributed by atoms with van der Waals surface area (Å²) in [6, 6.07) is 8.31. The lowest BCUT2D eigenvalue weighted by molar-refractivity contribution is 0.555. The molecule has 2 N–H and O–H groups in total. The first-order valence-electron chi connectivity index (χ1n) is 6.03. The fourth-order valence-electron chi connectivity index (χ4n) is 2.13. The van der Waals surface area contributed by atoms with Gasteiger partial charge < -0.3 is 10.3 Å². The van der Waals surface area contributed by atoms with Gasteiger partial charge in [-0.15, -0.1) is 0 Å². The summed E-state index contributed by atoms with van der Waals surface area (Å²) in [7, 11) is 0. The summed E-state index contributed by atoms with van der Waals surface area (Å²) in [6.45, 7) is 5.00. The Bertz CT molecular complexity index is 488. The first-order valence-corrected chi connectivity index (χ1v) is 6.03. The van der Waals surface area contributed by atoms with Crippen molar-refractivity contribution in [2.24, 2.45) is 5.73 Å². The standard InChI is InChI=1S/C14H19N3/c1-3-14-16-8-9-17(14)10-13(15)12-7-5-4-6-11(12)2/h4-9,13H,3,10,15H2,1-2H3. The lowest BCUT2D eigenvalue weighted by Crippen LogP contribution is -2.19. The minimum absolute atomic E-state index is 0.0238. The van der Waals surface area contributed by atoms with E-state index in [1.165, 1.54) is 11.1 Å². The maximum atomic E-state index is 6.26. The summed E-state index contributed by atoms with van der Waals surface area (Å²) in [6.07, 6.45) is 4.77. The van der Waals surface area contributed by atoms with Crippen LogP contribution in [0.1, 0.15) is 29.9 Å². The number of aryl methyl sites for hydroxylation is 2. The molecule has 0 fully saturated rings. The lowest BCUT2D eigenvalue weighted by atomic mass is 10.0. The van der Waals surface area contributed by atoms with Crippen molar-refractivity contribution in [1.82, 2.24) is 9.55 Å². The van der Waals surface area contributed by atoms with Gasteiger partial charge in [-0.2, -0.15) is 0 Å². The number of nitrogens with zero attached hydrogens (tertiary/aromatic N) is 2. The van der Waals surface area contributed by atoms with E-state index in [0.29, 0.717) is 0 Å². The van der Waals surface area contributed by atoms with Gasteiger partial charge in [-0.1, -0.05) is 31.2 Å². The van der Waals surface area contributed by atoms with Crippen LogP contribution in [0.4, 0.5) is 0 Å². The number of aromatic nitrogens is 2. The van der Waals surface area contributed by atoms with Crippen molar-refractivity contribution in [2.75, 3.05) is 0 Å². The number of rotatable bonds is 4. The summed E-state index contributed by atoms with van der Waals surface area (Å²) >= 11 is 0. The summed E-state index contributed by atoms with van der Waals surface area (Å²) in [5, 5.41) is 0. The first-order chi connectivity index (χ1) is 8.22. The van der Waals surface area contributed by atoms with Gasteiger partial charge in [0.25, 0.3) is 0 Å². The van der Waals surface area contributed by atoms with Gasteiger partial charge in [0.15, 0.2) is 0 Å². The third-order valence-corrected chi connectivity index (χ3v) is 3.10.